The molecule has 0 radical (unpaired) electrons. The molecule has 1 fully saturated rings. The van der Waals surface area contributed by atoms with Crippen LogP contribution in [0.25, 0.3) is 0 Å². The fourth-order valence-electron chi connectivity index (χ4n) is 2.52. The molecule has 9 heteroatoms. The van der Waals surface area contributed by atoms with E-state index in [0.29, 0.717) is 5.69 Å². The summed E-state index contributed by atoms with van der Waals surface area (Å²) in [5.41, 5.74) is 1.42. The molecule has 0 unspecified atom stereocenters. The maximum absolute atomic E-state index is 13.0. The van der Waals surface area contributed by atoms with E-state index in [1.807, 2.05) is 19.1 Å². The minimum Gasteiger partial charge on any atom is -0.465 e. The molecule has 1 aliphatic rings. The van der Waals surface area contributed by atoms with Crippen LogP contribution in [0.5, 0.6) is 0 Å². The monoisotopic (exact) mass is 485 g/mol. The molecule has 0 atom stereocenters. The predicted molar refractivity (Wildman–Crippen MR) is 106 cm³/mol. The van der Waals surface area contributed by atoms with Gasteiger partial charge in [-0.3, -0.25) is 0 Å². The molecule has 1 aliphatic heterocycles. The largest absolute Gasteiger partial charge is 0.465 e. The number of carboxylic acid groups (broad SMARTS) is 1. The number of rotatable bonds is 3. The van der Waals surface area contributed by atoms with Crippen LogP contribution < -0.4 is 0 Å². The fraction of sp³-hybridized carbons (Fsp3) is 0.176. The van der Waals surface area contributed by atoms with Crippen LogP contribution in [0.15, 0.2) is 58.4 Å². The van der Waals surface area contributed by atoms with Gasteiger partial charge in [-0.1, -0.05) is 17.7 Å². The number of hydrogen-bond acceptors (Lipinski definition) is 4. The first-order chi connectivity index (χ1) is 12.3. The van der Waals surface area contributed by atoms with Gasteiger partial charge in [-0.05, 0) is 65.9 Å². The molecule has 2 aromatic rings. The smallest absolute Gasteiger partial charge is 0.414 e. The zero-order valence-electron chi connectivity index (χ0n) is 13.8. The Kier molecular flexibility index (Phi) is 5.19. The number of halogens is 1. The third kappa shape index (κ3) is 3.68. The van der Waals surface area contributed by atoms with Crippen molar-refractivity contribution in [2.45, 2.75) is 11.8 Å². The van der Waals surface area contributed by atoms with Gasteiger partial charge in [-0.15, -0.1) is 0 Å². The molecule has 7 nitrogen and oxygen atoms in total. The summed E-state index contributed by atoms with van der Waals surface area (Å²) in [6.07, 6.45) is -1.24. The third-order valence-corrected chi connectivity index (χ3v) is 6.40. The Morgan fingerprint density at radius 3 is 2.27 bits per heavy atom. The van der Waals surface area contributed by atoms with Crippen molar-refractivity contribution >= 4 is 50.4 Å². The molecule has 0 spiro atoms. The van der Waals surface area contributed by atoms with Crippen molar-refractivity contribution in [3.8, 4) is 0 Å². The number of guanidine groups is 1. The van der Waals surface area contributed by atoms with Crippen LogP contribution in [0.3, 0.4) is 0 Å². The number of hydrogen-bond donors (Lipinski definition) is 1. The highest BCUT2D eigenvalue weighted by Crippen LogP contribution is 2.24. The van der Waals surface area contributed by atoms with Crippen molar-refractivity contribution in [2.75, 3.05) is 13.1 Å². The Balaban J connectivity index is 2.05. The van der Waals surface area contributed by atoms with E-state index in [1.165, 1.54) is 12.1 Å². The maximum Gasteiger partial charge on any atom is 0.414 e. The summed E-state index contributed by atoms with van der Waals surface area (Å²) < 4.78 is 28.0. The van der Waals surface area contributed by atoms with Crippen molar-refractivity contribution in [3.05, 3.63) is 57.7 Å². The summed E-state index contributed by atoms with van der Waals surface area (Å²) in [5, 5.41) is 9.42. The van der Waals surface area contributed by atoms with E-state index in [-0.39, 0.29) is 23.9 Å². The molecule has 136 valence electrons. The molecule has 26 heavy (non-hydrogen) atoms. The first-order valence-corrected chi connectivity index (χ1v) is 10.2. The lowest BCUT2D eigenvalue weighted by Gasteiger charge is -2.20. The van der Waals surface area contributed by atoms with Crippen LogP contribution in [-0.4, -0.2) is 47.9 Å². The number of sulfonamides is 1. The van der Waals surface area contributed by atoms with E-state index in [1.54, 1.807) is 24.3 Å². The second-order valence-electron chi connectivity index (χ2n) is 5.71. The average molecular weight is 485 g/mol. The van der Waals surface area contributed by atoms with Crippen molar-refractivity contribution in [3.63, 3.8) is 0 Å². The van der Waals surface area contributed by atoms with Gasteiger partial charge in [0.2, 0.25) is 5.96 Å². The molecule has 1 saturated heterocycles. The Morgan fingerprint density at radius 1 is 1.08 bits per heavy atom. The summed E-state index contributed by atoms with van der Waals surface area (Å²) in [5.74, 6) is -0.112. The van der Waals surface area contributed by atoms with E-state index >= 15 is 0 Å². The number of aryl methyl sites for hydroxylation is 1. The summed E-state index contributed by atoms with van der Waals surface area (Å²) in [6, 6.07) is 13.5. The molecule has 0 aliphatic carbocycles. The van der Waals surface area contributed by atoms with Gasteiger partial charge in [0.1, 0.15) is 0 Å². The maximum atomic E-state index is 13.0. The van der Waals surface area contributed by atoms with Crippen molar-refractivity contribution < 1.29 is 18.3 Å². The first-order valence-electron chi connectivity index (χ1n) is 7.73. The average Bonchev–Trinajstić information content (AvgIpc) is 3.02. The molecule has 2 aromatic carbocycles. The Morgan fingerprint density at radius 2 is 1.69 bits per heavy atom. The molecular formula is C17H16IN3O4S. The van der Waals surface area contributed by atoms with Gasteiger partial charge < -0.3 is 5.11 Å². The van der Waals surface area contributed by atoms with Gasteiger partial charge in [0.05, 0.1) is 23.7 Å². The molecule has 1 N–H and O–H groups in total. The Hall–Kier alpha value is -2.14. The summed E-state index contributed by atoms with van der Waals surface area (Å²) in [7, 11) is -3.90. The van der Waals surface area contributed by atoms with Gasteiger partial charge in [0, 0.05) is 3.57 Å². The standard InChI is InChI=1S/C17H16IN3O4S/c1-12-2-8-15(9-3-12)26(24,25)21-11-10-20(17(22)23)16(21)19-14-6-4-13(18)5-7-14/h2-9H,10-11H2,1H3,(H,22,23). The van der Waals surface area contributed by atoms with Crippen molar-refractivity contribution in [2.24, 2.45) is 4.99 Å². The topological polar surface area (TPSA) is 90.3 Å². The SMILES string of the molecule is Cc1ccc(S(=O)(=O)N2CCN(C(=O)O)C2=Nc2ccc(I)cc2)cc1. The summed E-state index contributed by atoms with van der Waals surface area (Å²) >= 11 is 2.14. The second kappa shape index (κ2) is 7.23. The number of aliphatic imine (C=N–C) groups is 1. The lowest BCUT2D eigenvalue weighted by molar-refractivity contribution is 0.172. The van der Waals surface area contributed by atoms with E-state index < -0.39 is 16.1 Å². The Labute approximate surface area is 165 Å². The lowest BCUT2D eigenvalue weighted by atomic mass is 10.2. The highest BCUT2D eigenvalue weighted by atomic mass is 127. The number of nitrogens with zero attached hydrogens (tertiary/aromatic N) is 3. The normalized spacial score (nSPS) is 16.3. The molecule has 1 amide bonds. The quantitative estimate of drug-likeness (QED) is 0.676. The van der Waals surface area contributed by atoms with Gasteiger partial charge in [-0.25, -0.2) is 27.4 Å². The van der Waals surface area contributed by atoms with Crippen LogP contribution in [-0.2, 0) is 10.0 Å². The van der Waals surface area contributed by atoms with Gasteiger partial charge >= 0.3 is 6.09 Å². The minimum atomic E-state index is -3.90. The molecule has 0 aromatic heterocycles. The molecule has 0 saturated carbocycles. The molecule has 1 heterocycles. The molecule has 3 rings (SSSR count). The van der Waals surface area contributed by atoms with Crippen LogP contribution in [0, 0.1) is 10.5 Å². The predicted octanol–water partition coefficient (Wildman–Crippen LogP) is 3.27. The van der Waals surface area contributed by atoms with Crippen molar-refractivity contribution in [1.82, 2.24) is 9.21 Å². The van der Waals surface area contributed by atoms with Gasteiger partial charge in [0.15, 0.2) is 0 Å². The van der Waals surface area contributed by atoms with E-state index in [2.05, 4.69) is 27.6 Å². The number of amides is 1. The van der Waals surface area contributed by atoms with E-state index in [9.17, 15) is 18.3 Å². The van der Waals surface area contributed by atoms with E-state index in [0.717, 1.165) is 18.3 Å². The van der Waals surface area contributed by atoms with E-state index in [4.69, 9.17) is 0 Å². The fourth-order valence-corrected chi connectivity index (χ4v) is 4.29. The molecular weight excluding hydrogens is 469 g/mol. The van der Waals surface area contributed by atoms with Crippen LogP contribution in [0.2, 0.25) is 0 Å². The zero-order valence-corrected chi connectivity index (χ0v) is 16.8. The Bertz CT molecular complexity index is 957. The van der Waals surface area contributed by atoms with Gasteiger partial charge in [0.25, 0.3) is 10.0 Å². The summed E-state index contributed by atoms with van der Waals surface area (Å²) in [6.45, 7) is 1.91. The second-order valence-corrected chi connectivity index (χ2v) is 8.82. The van der Waals surface area contributed by atoms with Crippen molar-refractivity contribution in [1.29, 1.82) is 0 Å². The summed E-state index contributed by atoms with van der Waals surface area (Å²) in [4.78, 5) is 16.9. The highest BCUT2D eigenvalue weighted by molar-refractivity contribution is 14.1. The minimum absolute atomic E-state index is 0.0196. The van der Waals surface area contributed by atoms with Crippen LogP contribution in [0.4, 0.5) is 10.5 Å². The number of carbonyl (C=O) groups is 1. The van der Waals surface area contributed by atoms with Gasteiger partial charge in [-0.2, -0.15) is 0 Å². The zero-order chi connectivity index (χ0) is 18.9. The first kappa shape index (κ1) is 18.6. The highest BCUT2D eigenvalue weighted by Gasteiger charge is 2.39. The lowest BCUT2D eigenvalue weighted by Crippen LogP contribution is -2.39. The van der Waals surface area contributed by atoms with Crippen LogP contribution >= 0.6 is 22.6 Å². The third-order valence-electron chi connectivity index (χ3n) is 3.89. The van der Waals surface area contributed by atoms with Crippen LogP contribution in [0.1, 0.15) is 5.56 Å². The number of benzene rings is 2. The molecule has 0 bridgehead atoms.